The summed E-state index contributed by atoms with van der Waals surface area (Å²) in [6.45, 7) is 0.181. The molecule has 96 valence electrons. The zero-order chi connectivity index (χ0) is 13.1. The summed E-state index contributed by atoms with van der Waals surface area (Å²) in [7, 11) is 3.02. The fourth-order valence-corrected chi connectivity index (χ4v) is 1.78. The summed E-state index contributed by atoms with van der Waals surface area (Å²) < 4.78 is 15.4. The van der Waals surface area contributed by atoms with Gasteiger partial charge in [-0.15, -0.1) is 0 Å². The number of halogens is 1. The highest BCUT2D eigenvalue weighted by Gasteiger charge is 2.19. The second kappa shape index (κ2) is 5.24. The monoisotopic (exact) mass is 269 g/mol. The van der Waals surface area contributed by atoms with E-state index in [2.05, 4.69) is 10.1 Å². The van der Waals surface area contributed by atoms with Crippen LogP contribution in [0.4, 0.5) is 0 Å². The maximum absolute atomic E-state index is 6.01. The van der Waals surface area contributed by atoms with Gasteiger partial charge < -0.3 is 19.7 Å². The largest absolute Gasteiger partial charge is 0.492 e. The van der Waals surface area contributed by atoms with Gasteiger partial charge in [-0.2, -0.15) is 4.98 Å². The van der Waals surface area contributed by atoms with Crippen molar-refractivity contribution in [2.75, 3.05) is 14.2 Å². The topological polar surface area (TPSA) is 83.4 Å². The van der Waals surface area contributed by atoms with E-state index in [1.54, 1.807) is 12.1 Å². The number of hydrogen-bond acceptors (Lipinski definition) is 6. The second-order valence-corrected chi connectivity index (χ2v) is 3.78. The number of rotatable bonds is 4. The van der Waals surface area contributed by atoms with E-state index in [0.29, 0.717) is 33.8 Å². The molecule has 0 atom stereocenters. The molecule has 0 saturated heterocycles. The van der Waals surface area contributed by atoms with Crippen molar-refractivity contribution in [1.82, 2.24) is 10.1 Å². The fourth-order valence-electron chi connectivity index (χ4n) is 1.55. The van der Waals surface area contributed by atoms with Crippen LogP contribution >= 0.6 is 11.6 Å². The molecule has 18 heavy (non-hydrogen) atoms. The summed E-state index contributed by atoms with van der Waals surface area (Å²) in [6.07, 6.45) is 0. The Morgan fingerprint density at radius 3 is 2.56 bits per heavy atom. The lowest BCUT2D eigenvalue weighted by molar-refractivity contribution is 0.355. The second-order valence-electron chi connectivity index (χ2n) is 3.38. The quantitative estimate of drug-likeness (QED) is 0.912. The van der Waals surface area contributed by atoms with Gasteiger partial charge in [-0.1, -0.05) is 16.8 Å². The van der Waals surface area contributed by atoms with Gasteiger partial charge in [0.1, 0.15) is 0 Å². The van der Waals surface area contributed by atoms with E-state index in [4.69, 9.17) is 31.3 Å². The molecular weight excluding hydrogens is 258 g/mol. The fraction of sp³-hybridized carbons (Fsp3) is 0.273. The first kappa shape index (κ1) is 12.7. The minimum Gasteiger partial charge on any atom is -0.492 e. The van der Waals surface area contributed by atoms with Gasteiger partial charge in [-0.25, -0.2) is 0 Å². The zero-order valence-electron chi connectivity index (χ0n) is 9.94. The summed E-state index contributed by atoms with van der Waals surface area (Å²) in [4.78, 5) is 4.13. The van der Waals surface area contributed by atoms with Gasteiger partial charge in [0.2, 0.25) is 11.7 Å². The Morgan fingerprint density at radius 2 is 2.00 bits per heavy atom. The van der Waals surface area contributed by atoms with Crippen LogP contribution in [0.1, 0.15) is 5.89 Å². The van der Waals surface area contributed by atoms with Crippen LogP contribution in [0.25, 0.3) is 11.4 Å². The molecule has 0 fully saturated rings. The Balaban J connectivity index is 2.56. The maximum Gasteiger partial charge on any atom is 0.240 e. The zero-order valence-corrected chi connectivity index (χ0v) is 10.7. The van der Waals surface area contributed by atoms with E-state index in [-0.39, 0.29) is 6.54 Å². The molecular formula is C11H12ClN3O3. The predicted octanol–water partition coefficient (Wildman–Crippen LogP) is 1.87. The first-order chi connectivity index (χ1) is 8.71. The van der Waals surface area contributed by atoms with Crippen molar-refractivity contribution in [2.45, 2.75) is 6.54 Å². The summed E-state index contributed by atoms with van der Waals surface area (Å²) in [6, 6.07) is 3.41. The molecule has 1 aromatic heterocycles. The molecule has 1 aromatic carbocycles. The van der Waals surface area contributed by atoms with Crippen LogP contribution in [-0.2, 0) is 6.54 Å². The SMILES string of the molecule is COc1c(Cl)ccc(-c2noc(CN)n2)c1OC. The van der Waals surface area contributed by atoms with Crippen LogP contribution in [0.5, 0.6) is 11.5 Å². The van der Waals surface area contributed by atoms with E-state index in [0.717, 1.165) is 0 Å². The van der Waals surface area contributed by atoms with Crippen molar-refractivity contribution in [2.24, 2.45) is 5.73 Å². The van der Waals surface area contributed by atoms with Crippen molar-refractivity contribution in [3.63, 3.8) is 0 Å². The Labute approximate surface area is 109 Å². The van der Waals surface area contributed by atoms with Gasteiger partial charge in [-0.3, -0.25) is 0 Å². The number of aromatic nitrogens is 2. The molecule has 7 heteroatoms. The first-order valence-corrected chi connectivity index (χ1v) is 5.52. The molecule has 2 N–H and O–H groups in total. The van der Waals surface area contributed by atoms with Gasteiger partial charge in [-0.05, 0) is 12.1 Å². The maximum atomic E-state index is 6.01. The lowest BCUT2D eigenvalue weighted by Crippen LogP contribution is -1.97. The molecule has 0 aliphatic rings. The van der Waals surface area contributed by atoms with Crippen LogP contribution in [-0.4, -0.2) is 24.4 Å². The molecule has 0 amide bonds. The molecule has 2 aromatic rings. The van der Waals surface area contributed by atoms with Crippen molar-refractivity contribution in [3.8, 4) is 22.9 Å². The lowest BCUT2D eigenvalue weighted by atomic mass is 10.1. The molecule has 1 heterocycles. The number of hydrogen-bond donors (Lipinski definition) is 1. The molecule has 0 aliphatic heterocycles. The van der Waals surface area contributed by atoms with E-state index >= 15 is 0 Å². The molecule has 0 radical (unpaired) electrons. The van der Waals surface area contributed by atoms with Crippen LogP contribution in [0.15, 0.2) is 16.7 Å². The lowest BCUT2D eigenvalue weighted by Gasteiger charge is -2.11. The third-order valence-corrected chi connectivity index (χ3v) is 2.65. The Morgan fingerprint density at radius 1 is 1.28 bits per heavy atom. The molecule has 2 rings (SSSR count). The Kier molecular flexibility index (Phi) is 3.69. The molecule has 0 saturated carbocycles. The van der Waals surface area contributed by atoms with Crippen LogP contribution in [0.3, 0.4) is 0 Å². The highest BCUT2D eigenvalue weighted by atomic mass is 35.5. The average molecular weight is 270 g/mol. The van der Waals surface area contributed by atoms with Gasteiger partial charge >= 0.3 is 0 Å². The van der Waals surface area contributed by atoms with Crippen molar-refractivity contribution < 1.29 is 14.0 Å². The third kappa shape index (κ3) is 2.12. The van der Waals surface area contributed by atoms with Gasteiger partial charge in [0.15, 0.2) is 11.5 Å². The standard InChI is InChI=1S/C11H12ClN3O3/c1-16-9-6(3-4-7(12)10(9)17-2)11-14-8(5-13)18-15-11/h3-4H,5,13H2,1-2H3. The van der Waals surface area contributed by atoms with Crippen LogP contribution in [0, 0.1) is 0 Å². The summed E-state index contributed by atoms with van der Waals surface area (Å²) in [5, 5.41) is 4.27. The number of methoxy groups -OCH3 is 2. The first-order valence-electron chi connectivity index (χ1n) is 5.14. The smallest absolute Gasteiger partial charge is 0.240 e. The molecule has 0 spiro atoms. The average Bonchev–Trinajstić information content (AvgIpc) is 2.86. The number of ether oxygens (including phenoxy) is 2. The van der Waals surface area contributed by atoms with E-state index in [1.807, 2.05) is 0 Å². The van der Waals surface area contributed by atoms with Gasteiger partial charge in [0.05, 0.1) is 31.4 Å². The minimum atomic E-state index is 0.181. The number of nitrogens with two attached hydrogens (primary N) is 1. The summed E-state index contributed by atoms with van der Waals surface area (Å²) in [5.74, 6) is 1.60. The van der Waals surface area contributed by atoms with Crippen molar-refractivity contribution in [3.05, 3.63) is 23.0 Å². The Bertz CT molecular complexity index is 556. The highest BCUT2D eigenvalue weighted by Crippen LogP contribution is 2.41. The normalized spacial score (nSPS) is 10.4. The molecule has 0 unspecified atom stereocenters. The Hall–Kier alpha value is -1.79. The van der Waals surface area contributed by atoms with Crippen LogP contribution in [0.2, 0.25) is 5.02 Å². The number of nitrogens with zero attached hydrogens (tertiary/aromatic N) is 2. The summed E-state index contributed by atoms with van der Waals surface area (Å²) >= 11 is 6.01. The molecule has 0 aliphatic carbocycles. The highest BCUT2D eigenvalue weighted by molar-refractivity contribution is 6.32. The number of benzene rings is 1. The summed E-state index contributed by atoms with van der Waals surface area (Å²) in [5.41, 5.74) is 6.05. The van der Waals surface area contributed by atoms with Gasteiger partial charge in [0, 0.05) is 0 Å². The van der Waals surface area contributed by atoms with Gasteiger partial charge in [0.25, 0.3) is 0 Å². The van der Waals surface area contributed by atoms with E-state index in [1.165, 1.54) is 14.2 Å². The predicted molar refractivity (Wildman–Crippen MR) is 65.7 cm³/mol. The minimum absolute atomic E-state index is 0.181. The van der Waals surface area contributed by atoms with Crippen molar-refractivity contribution in [1.29, 1.82) is 0 Å². The third-order valence-electron chi connectivity index (χ3n) is 2.36. The van der Waals surface area contributed by atoms with E-state index in [9.17, 15) is 0 Å². The molecule has 0 bridgehead atoms. The van der Waals surface area contributed by atoms with Crippen molar-refractivity contribution >= 4 is 11.6 Å². The van der Waals surface area contributed by atoms with E-state index < -0.39 is 0 Å². The van der Waals surface area contributed by atoms with Crippen LogP contribution < -0.4 is 15.2 Å². The molecule has 6 nitrogen and oxygen atoms in total.